The molecule has 0 aliphatic carbocycles. The molecule has 11 heavy (non-hydrogen) atoms. The van der Waals surface area contributed by atoms with Crippen molar-refractivity contribution in [1.82, 2.24) is 9.38 Å². The number of aromatic nitrogens is 2. The van der Waals surface area contributed by atoms with Crippen LogP contribution >= 0.6 is 27.3 Å². The Balaban J connectivity index is 2.88. The number of hydrogen-bond acceptors (Lipinski definition) is 2. The van der Waals surface area contributed by atoms with Crippen LogP contribution in [0.15, 0.2) is 9.98 Å². The molecule has 2 nitrogen and oxygen atoms in total. The Morgan fingerprint density at radius 3 is 2.91 bits per heavy atom. The molecule has 2 rings (SSSR count). The molecule has 0 aromatic carbocycles. The molecule has 0 N–H and O–H groups in total. The highest BCUT2D eigenvalue weighted by molar-refractivity contribution is 9.11. The Bertz CT molecular complexity index is 402. The second kappa shape index (κ2) is 2.32. The van der Waals surface area contributed by atoms with E-state index in [9.17, 15) is 0 Å². The van der Waals surface area contributed by atoms with E-state index in [-0.39, 0.29) is 0 Å². The van der Waals surface area contributed by atoms with Gasteiger partial charge in [-0.05, 0) is 29.8 Å². The minimum Gasteiger partial charge on any atom is -0.294 e. The van der Waals surface area contributed by atoms with Crippen LogP contribution in [-0.4, -0.2) is 9.38 Å². The largest absolute Gasteiger partial charge is 0.294 e. The summed E-state index contributed by atoms with van der Waals surface area (Å²) in [5.74, 6) is 0. The van der Waals surface area contributed by atoms with E-state index in [1.54, 1.807) is 11.3 Å². The fourth-order valence-corrected chi connectivity index (χ4v) is 2.55. The van der Waals surface area contributed by atoms with Crippen LogP contribution < -0.4 is 0 Å². The molecule has 2 aromatic heterocycles. The summed E-state index contributed by atoms with van der Waals surface area (Å²) in [4.78, 5) is 5.41. The molecule has 0 saturated carbocycles. The summed E-state index contributed by atoms with van der Waals surface area (Å²) in [6, 6.07) is 0. The van der Waals surface area contributed by atoms with Crippen molar-refractivity contribution in [1.29, 1.82) is 0 Å². The van der Waals surface area contributed by atoms with Crippen molar-refractivity contribution in [3.8, 4) is 0 Å². The van der Waals surface area contributed by atoms with Gasteiger partial charge in [0, 0.05) is 11.9 Å². The summed E-state index contributed by atoms with van der Waals surface area (Å²) in [5.41, 5.74) is 2.30. The molecule has 0 saturated heterocycles. The fourth-order valence-electron chi connectivity index (χ4n) is 1.04. The summed E-state index contributed by atoms with van der Waals surface area (Å²) in [5, 5.41) is 0. The number of nitrogens with zero attached hydrogens (tertiary/aromatic N) is 2. The van der Waals surface area contributed by atoms with Crippen molar-refractivity contribution in [2.24, 2.45) is 0 Å². The number of halogens is 1. The number of imidazole rings is 1. The summed E-state index contributed by atoms with van der Waals surface area (Å²) in [6.45, 7) is 4.09. The molecule has 0 amide bonds. The molecule has 58 valence electrons. The summed E-state index contributed by atoms with van der Waals surface area (Å²) in [7, 11) is 0. The fraction of sp³-hybridized carbons (Fsp3) is 0.286. The van der Waals surface area contributed by atoms with Gasteiger partial charge in [-0.2, -0.15) is 0 Å². The second-order valence-corrected chi connectivity index (χ2v) is 4.79. The van der Waals surface area contributed by atoms with E-state index in [0.717, 1.165) is 10.7 Å². The van der Waals surface area contributed by atoms with Crippen molar-refractivity contribution < 1.29 is 0 Å². The Labute approximate surface area is 77.0 Å². The van der Waals surface area contributed by atoms with Crippen LogP contribution in [-0.2, 0) is 0 Å². The molecule has 2 heterocycles. The normalized spacial score (nSPS) is 11.2. The molecule has 0 atom stereocenters. The third-order valence-electron chi connectivity index (χ3n) is 1.62. The van der Waals surface area contributed by atoms with Gasteiger partial charge in [-0.3, -0.25) is 4.40 Å². The molecule has 0 spiro atoms. The first-order valence-electron chi connectivity index (χ1n) is 3.29. The molecule has 0 radical (unpaired) electrons. The lowest BCUT2D eigenvalue weighted by molar-refractivity contribution is 1.12. The maximum Gasteiger partial charge on any atom is 0.195 e. The maximum absolute atomic E-state index is 4.35. The standard InChI is InChI=1S/C7H7BrN2S/c1-4-3-10-5(2)6(8)11-7(10)9-4/h3H,1-2H3. The maximum atomic E-state index is 4.35. The predicted molar refractivity (Wildman–Crippen MR) is 50.2 cm³/mol. The van der Waals surface area contributed by atoms with Gasteiger partial charge >= 0.3 is 0 Å². The van der Waals surface area contributed by atoms with E-state index < -0.39 is 0 Å². The Kier molecular flexibility index (Phi) is 1.54. The zero-order chi connectivity index (χ0) is 8.01. The van der Waals surface area contributed by atoms with E-state index in [4.69, 9.17) is 0 Å². The highest BCUT2D eigenvalue weighted by Crippen LogP contribution is 2.27. The Morgan fingerprint density at radius 2 is 2.27 bits per heavy atom. The summed E-state index contributed by atoms with van der Waals surface area (Å²) >= 11 is 5.14. The first-order chi connectivity index (χ1) is 5.18. The summed E-state index contributed by atoms with van der Waals surface area (Å²) in [6.07, 6.45) is 2.05. The van der Waals surface area contributed by atoms with Gasteiger partial charge < -0.3 is 0 Å². The first kappa shape index (κ1) is 7.31. The number of thiazole rings is 1. The van der Waals surface area contributed by atoms with E-state index in [0.29, 0.717) is 0 Å². The van der Waals surface area contributed by atoms with Crippen molar-refractivity contribution in [2.75, 3.05) is 0 Å². The Morgan fingerprint density at radius 1 is 1.55 bits per heavy atom. The van der Waals surface area contributed by atoms with Gasteiger partial charge in [0.2, 0.25) is 0 Å². The van der Waals surface area contributed by atoms with Gasteiger partial charge in [-0.1, -0.05) is 11.3 Å². The van der Waals surface area contributed by atoms with Crippen LogP contribution in [0.3, 0.4) is 0 Å². The summed E-state index contributed by atoms with van der Waals surface area (Å²) < 4.78 is 3.27. The second-order valence-electron chi connectivity index (χ2n) is 2.50. The quantitative estimate of drug-likeness (QED) is 0.681. The molecular formula is C7H7BrN2S. The minimum absolute atomic E-state index is 1.06. The van der Waals surface area contributed by atoms with Gasteiger partial charge in [-0.25, -0.2) is 4.98 Å². The lowest BCUT2D eigenvalue weighted by Gasteiger charge is -1.86. The number of fused-ring (bicyclic) bond motifs is 1. The minimum atomic E-state index is 1.06. The Hall–Kier alpha value is -0.350. The molecule has 2 aromatic rings. The van der Waals surface area contributed by atoms with Gasteiger partial charge in [0.1, 0.15) is 0 Å². The van der Waals surface area contributed by atoms with E-state index in [1.165, 1.54) is 9.48 Å². The molecule has 0 bridgehead atoms. The van der Waals surface area contributed by atoms with Crippen molar-refractivity contribution >= 4 is 32.2 Å². The van der Waals surface area contributed by atoms with Gasteiger partial charge in [0.05, 0.1) is 9.48 Å². The first-order valence-corrected chi connectivity index (χ1v) is 4.90. The number of hydrogen-bond donors (Lipinski definition) is 0. The van der Waals surface area contributed by atoms with E-state index in [2.05, 4.69) is 32.2 Å². The van der Waals surface area contributed by atoms with Crippen LogP contribution in [0.25, 0.3) is 4.96 Å². The smallest absolute Gasteiger partial charge is 0.195 e. The number of rotatable bonds is 0. The van der Waals surface area contributed by atoms with Crippen LogP contribution in [0.4, 0.5) is 0 Å². The van der Waals surface area contributed by atoms with Crippen LogP contribution in [0.5, 0.6) is 0 Å². The van der Waals surface area contributed by atoms with Crippen molar-refractivity contribution in [3.05, 3.63) is 21.4 Å². The monoisotopic (exact) mass is 230 g/mol. The van der Waals surface area contributed by atoms with Crippen LogP contribution in [0.2, 0.25) is 0 Å². The average Bonchev–Trinajstić information content (AvgIpc) is 2.37. The van der Waals surface area contributed by atoms with Gasteiger partial charge in [0.15, 0.2) is 4.96 Å². The zero-order valence-electron chi connectivity index (χ0n) is 6.26. The van der Waals surface area contributed by atoms with E-state index >= 15 is 0 Å². The zero-order valence-corrected chi connectivity index (χ0v) is 8.66. The highest BCUT2D eigenvalue weighted by Gasteiger charge is 2.06. The lowest BCUT2D eigenvalue weighted by Crippen LogP contribution is -1.79. The molecule has 0 unspecified atom stereocenters. The SMILES string of the molecule is Cc1cn2c(C)c(Br)sc2n1. The van der Waals surface area contributed by atoms with Crippen LogP contribution in [0.1, 0.15) is 11.4 Å². The molecular weight excluding hydrogens is 224 g/mol. The average molecular weight is 231 g/mol. The highest BCUT2D eigenvalue weighted by atomic mass is 79.9. The van der Waals surface area contributed by atoms with Gasteiger partial charge in [0.25, 0.3) is 0 Å². The molecule has 0 aliphatic rings. The lowest BCUT2D eigenvalue weighted by atomic mass is 10.5. The molecule has 4 heteroatoms. The number of aryl methyl sites for hydroxylation is 2. The van der Waals surface area contributed by atoms with Crippen LogP contribution in [0, 0.1) is 13.8 Å². The van der Waals surface area contributed by atoms with Gasteiger partial charge in [-0.15, -0.1) is 0 Å². The predicted octanol–water partition coefficient (Wildman–Crippen LogP) is 2.78. The molecule has 0 aliphatic heterocycles. The third-order valence-corrected chi connectivity index (χ3v) is 3.63. The topological polar surface area (TPSA) is 17.3 Å². The van der Waals surface area contributed by atoms with Crippen molar-refractivity contribution in [2.45, 2.75) is 13.8 Å². The van der Waals surface area contributed by atoms with E-state index in [1.807, 2.05) is 13.1 Å². The molecule has 0 fully saturated rings. The van der Waals surface area contributed by atoms with Crippen molar-refractivity contribution in [3.63, 3.8) is 0 Å². The third kappa shape index (κ3) is 1.01.